The smallest absolute Gasteiger partial charge is 0.335 e. The second-order valence-corrected chi connectivity index (χ2v) is 7.80. The van der Waals surface area contributed by atoms with Gasteiger partial charge in [-0.2, -0.15) is 0 Å². The van der Waals surface area contributed by atoms with Crippen molar-refractivity contribution in [1.29, 1.82) is 0 Å². The SMILES string of the molecule is O=C1NC(=O)N(c2ccc(Br)cc2)C(=O)/C1=C/c1ccc(OCc2ccccc2F)cc1. The zero-order valence-corrected chi connectivity index (χ0v) is 18.1. The Morgan fingerprint density at radius 1 is 0.938 bits per heavy atom. The second kappa shape index (κ2) is 9.15. The van der Waals surface area contributed by atoms with Crippen LogP contribution in [0.15, 0.2) is 82.8 Å². The largest absolute Gasteiger partial charge is 0.489 e. The fourth-order valence-electron chi connectivity index (χ4n) is 3.09. The Balaban J connectivity index is 1.52. The third-order valence-electron chi connectivity index (χ3n) is 4.73. The molecule has 1 fully saturated rings. The molecule has 0 saturated carbocycles. The summed E-state index contributed by atoms with van der Waals surface area (Å²) in [4.78, 5) is 38.3. The molecule has 0 aliphatic carbocycles. The zero-order chi connectivity index (χ0) is 22.7. The number of nitrogens with zero attached hydrogens (tertiary/aromatic N) is 1. The summed E-state index contributed by atoms with van der Waals surface area (Å²) in [6.07, 6.45) is 1.40. The minimum atomic E-state index is -0.809. The van der Waals surface area contributed by atoms with Crippen LogP contribution >= 0.6 is 15.9 Å². The van der Waals surface area contributed by atoms with Crippen LogP contribution in [0.5, 0.6) is 5.75 Å². The van der Waals surface area contributed by atoms with E-state index in [1.165, 1.54) is 12.1 Å². The molecule has 1 aliphatic rings. The number of ether oxygens (including phenoxy) is 1. The monoisotopic (exact) mass is 494 g/mol. The summed E-state index contributed by atoms with van der Waals surface area (Å²) in [6, 6.07) is 18.7. The van der Waals surface area contributed by atoms with Gasteiger partial charge in [-0.1, -0.05) is 46.3 Å². The van der Waals surface area contributed by atoms with Crippen LogP contribution in [0.1, 0.15) is 11.1 Å². The van der Waals surface area contributed by atoms with Crippen molar-refractivity contribution in [3.63, 3.8) is 0 Å². The zero-order valence-electron chi connectivity index (χ0n) is 16.5. The van der Waals surface area contributed by atoms with E-state index < -0.39 is 17.8 Å². The molecule has 6 nitrogen and oxygen atoms in total. The first-order chi connectivity index (χ1) is 15.4. The van der Waals surface area contributed by atoms with E-state index in [0.717, 1.165) is 9.37 Å². The van der Waals surface area contributed by atoms with Crippen molar-refractivity contribution in [2.75, 3.05) is 4.90 Å². The number of benzene rings is 3. The maximum atomic E-state index is 13.7. The number of anilines is 1. The van der Waals surface area contributed by atoms with Crippen molar-refractivity contribution in [3.8, 4) is 5.75 Å². The van der Waals surface area contributed by atoms with Crippen molar-refractivity contribution in [1.82, 2.24) is 5.32 Å². The minimum Gasteiger partial charge on any atom is -0.489 e. The lowest BCUT2D eigenvalue weighted by Crippen LogP contribution is -2.54. The standard InChI is InChI=1S/C24H16BrFN2O4/c25-17-7-9-18(10-8-17)28-23(30)20(22(29)27-24(28)31)13-15-5-11-19(12-6-15)32-14-16-3-1-2-4-21(16)26/h1-13H,14H2,(H,27,29,31)/b20-13+. The van der Waals surface area contributed by atoms with Crippen LogP contribution in [0.4, 0.5) is 14.9 Å². The highest BCUT2D eigenvalue weighted by Crippen LogP contribution is 2.24. The molecule has 1 saturated heterocycles. The van der Waals surface area contributed by atoms with Gasteiger partial charge in [0.05, 0.1) is 5.69 Å². The molecule has 1 aliphatic heterocycles. The molecule has 0 bridgehead atoms. The van der Waals surface area contributed by atoms with Crippen molar-refractivity contribution in [3.05, 3.63) is 99.8 Å². The molecule has 0 unspecified atom stereocenters. The fourth-order valence-corrected chi connectivity index (χ4v) is 3.35. The molecular weight excluding hydrogens is 479 g/mol. The molecule has 3 aromatic carbocycles. The highest BCUT2D eigenvalue weighted by molar-refractivity contribution is 9.10. The molecule has 8 heteroatoms. The summed E-state index contributed by atoms with van der Waals surface area (Å²) >= 11 is 3.30. The molecule has 160 valence electrons. The van der Waals surface area contributed by atoms with Gasteiger partial charge in [-0.05, 0) is 54.1 Å². The van der Waals surface area contributed by atoms with E-state index in [0.29, 0.717) is 22.6 Å². The normalized spacial score (nSPS) is 15.1. The van der Waals surface area contributed by atoms with Gasteiger partial charge in [-0.3, -0.25) is 14.9 Å². The Kier molecular flexibility index (Phi) is 6.13. The van der Waals surface area contributed by atoms with Gasteiger partial charge < -0.3 is 4.74 Å². The number of hydrogen-bond acceptors (Lipinski definition) is 4. The third-order valence-corrected chi connectivity index (χ3v) is 5.26. The van der Waals surface area contributed by atoms with E-state index in [1.807, 2.05) is 0 Å². The van der Waals surface area contributed by atoms with E-state index in [1.54, 1.807) is 66.7 Å². The molecule has 0 aromatic heterocycles. The fraction of sp³-hybridized carbons (Fsp3) is 0.0417. The first-order valence-corrected chi connectivity index (χ1v) is 10.3. The number of imide groups is 2. The average molecular weight is 495 g/mol. The van der Waals surface area contributed by atoms with E-state index in [9.17, 15) is 18.8 Å². The number of carbonyl (C=O) groups excluding carboxylic acids is 3. The predicted octanol–water partition coefficient (Wildman–Crippen LogP) is 4.83. The van der Waals surface area contributed by atoms with Gasteiger partial charge in [0.2, 0.25) is 0 Å². The molecule has 1 heterocycles. The van der Waals surface area contributed by atoms with Gasteiger partial charge >= 0.3 is 6.03 Å². The molecule has 32 heavy (non-hydrogen) atoms. The van der Waals surface area contributed by atoms with E-state index in [2.05, 4.69) is 21.2 Å². The topological polar surface area (TPSA) is 75.7 Å². The number of carbonyl (C=O) groups is 3. The lowest BCUT2D eigenvalue weighted by molar-refractivity contribution is -0.122. The Bertz CT molecular complexity index is 1220. The quantitative estimate of drug-likeness (QED) is 0.407. The number of rotatable bonds is 5. The number of barbiturate groups is 1. The molecule has 0 spiro atoms. The summed E-state index contributed by atoms with van der Waals surface area (Å²) in [7, 11) is 0. The lowest BCUT2D eigenvalue weighted by atomic mass is 10.1. The van der Waals surface area contributed by atoms with Crippen molar-refractivity contribution < 1.29 is 23.5 Å². The summed E-state index contributed by atoms with van der Waals surface area (Å²) in [5, 5.41) is 2.19. The van der Waals surface area contributed by atoms with Gasteiger partial charge in [-0.25, -0.2) is 14.1 Å². The maximum Gasteiger partial charge on any atom is 0.335 e. The van der Waals surface area contributed by atoms with Gasteiger partial charge in [0.25, 0.3) is 11.8 Å². The van der Waals surface area contributed by atoms with Gasteiger partial charge in [0.1, 0.15) is 23.7 Å². The third kappa shape index (κ3) is 4.60. The van der Waals surface area contributed by atoms with Crippen LogP contribution in [0.25, 0.3) is 6.08 Å². The van der Waals surface area contributed by atoms with Crippen LogP contribution in [0.2, 0.25) is 0 Å². The van der Waals surface area contributed by atoms with Gasteiger partial charge in [0.15, 0.2) is 0 Å². The Labute approximate surface area is 191 Å². The first kappa shape index (κ1) is 21.5. The highest BCUT2D eigenvalue weighted by Gasteiger charge is 2.36. The Hall–Kier alpha value is -3.78. The van der Waals surface area contributed by atoms with Crippen LogP contribution in [-0.2, 0) is 16.2 Å². The first-order valence-electron chi connectivity index (χ1n) is 9.55. The van der Waals surface area contributed by atoms with Crippen molar-refractivity contribution in [2.45, 2.75) is 6.61 Å². The van der Waals surface area contributed by atoms with Gasteiger partial charge in [0, 0.05) is 10.0 Å². The van der Waals surface area contributed by atoms with Crippen LogP contribution in [0.3, 0.4) is 0 Å². The molecule has 0 atom stereocenters. The summed E-state index contributed by atoms with van der Waals surface area (Å²) < 4.78 is 20.1. The van der Waals surface area contributed by atoms with Crippen LogP contribution in [0, 0.1) is 5.82 Å². The number of nitrogens with one attached hydrogen (secondary N) is 1. The van der Waals surface area contributed by atoms with E-state index >= 15 is 0 Å². The van der Waals surface area contributed by atoms with Crippen LogP contribution < -0.4 is 15.0 Å². The predicted molar refractivity (Wildman–Crippen MR) is 120 cm³/mol. The minimum absolute atomic E-state index is 0.0677. The summed E-state index contributed by atoms with van der Waals surface area (Å²) in [5.74, 6) is -1.34. The number of halogens is 2. The molecule has 0 radical (unpaired) electrons. The molecular formula is C24H16BrFN2O4. The van der Waals surface area contributed by atoms with Crippen LogP contribution in [-0.4, -0.2) is 17.8 Å². The number of amides is 4. The highest BCUT2D eigenvalue weighted by atomic mass is 79.9. The van der Waals surface area contributed by atoms with Crippen molar-refractivity contribution >= 4 is 45.5 Å². The number of urea groups is 1. The van der Waals surface area contributed by atoms with E-state index in [4.69, 9.17) is 4.74 Å². The Morgan fingerprint density at radius 2 is 1.62 bits per heavy atom. The number of hydrogen-bond donors (Lipinski definition) is 1. The molecule has 1 N–H and O–H groups in total. The lowest BCUT2D eigenvalue weighted by Gasteiger charge is -2.26. The molecule has 4 amide bonds. The van der Waals surface area contributed by atoms with E-state index in [-0.39, 0.29) is 18.0 Å². The maximum absolute atomic E-state index is 13.7. The van der Waals surface area contributed by atoms with Crippen molar-refractivity contribution in [2.24, 2.45) is 0 Å². The molecule has 3 aromatic rings. The summed E-state index contributed by atoms with van der Waals surface area (Å²) in [5.41, 5.74) is 1.16. The van der Waals surface area contributed by atoms with Gasteiger partial charge in [-0.15, -0.1) is 0 Å². The summed E-state index contributed by atoms with van der Waals surface area (Å²) in [6.45, 7) is 0.0677. The second-order valence-electron chi connectivity index (χ2n) is 6.88. The average Bonchev–Trinajstić information content (AvgIpc) is 2.78. The molecule has 4 rings (SSSR count). The Morgan fingerprint density at radius 3 is 2.31 bits per heavy atom.